The van der Waals surface area contributed by atoms with Gasteiger partial charge in [-0.25, -0.2) is 0 Å². The molecular formula is C18H21ClN2O2S. The van der Waals surface area contributed by atoms with Crippen LogP contribution in [0.2, 0.25) is 5.02 Å². The molecule has 3 rings (SSSR count). The first-order valence-electron chi connectivity index (χ1n) is 8.21. The van der Waals surface area contributed by atoms with Gasteiger partial charge in [0.1, 0.15) is 0 Å². The van der Waals surface area contributed by atoms with Crippen LogP contribution in [0.1, 0.15) is 43.4 Å². The number of nitrogens with zero attached hydrogens (tertiary/aromatic N) is 1. The van der Waals surface area contributed by atoms with E-state index in [2.05, 4.69) is 9.97 Å². The molecule has 0 radical (unpaired) electrons. The Bertz CT molecular complexity index is 708. The van der Waals surface area contributed by atoms with Crippen LogP contribution in [0.3, 0.4) is 0 Å². The summed E-state index contributed by atoms with van der Waals surface area (Å²) >= 11 is 4.56. The largest absolute Gasteiger partial charge is 0.609 e. The summed E-state index contributed by atoms with van der Waals surface area (Å²) < 4.78 is 12.5. The van der Waals surface area contributed by atoms with Crippen LogP contribution in [-0.2, 0) is 21.4 Å². The van der Waals surface area contributed by atoms with Crippen molar-refractivity contribution in [2.75, 3.05) is 5.75 Å². The normalized spacial score (nSPS) is 18.3. The van der Waals surface area contributed by atoms with Crippen molar-refractivity contribution >= 4 is 28.6 Å². The van der Waals surface area contributed by atoms with Gasteiger partial charge in [0.05, 0.1) is 11.1 Å². The fourth-order valence-electron chi connectivity index (χ4n) is 3.49. The van der Waals surface area contributed by atoms with E-state index in [1.165, 1.54) is 0 Å². The number of hydrogen-bond acceptors (Lipinski definition) is 3. The highest BCUT2D eigenvalue weighted by atomic mass is 35.5. The quantitative estimate of drug-likeness (QED) is 0.816. The second-order valence-electron chi connectivity index (χ2n) is 6.41. The molecular weight excluding hydrogens is 344 g/mol. The van der Waals surface area contributed by atoms with Crippen molar-refractivity contribution in [2.24, 2.45) is 0 Å². The highest BCUT2D eigenvalue weighted by Gasteiger charge is 2.43. The molecule has 1 aliphatic carbocycles. The third-order valence-corrected chi connectivity index (χ3v) is 6.21. The maximum absolute atomic E-state index is 13.1. The maximum atomic E-state index is 13.1. The van der Waals surface area contributed by atoms with E-state index < -0.39 is 16.6 Å². The molecule has 1 saturated carbocycles. The molecule has 0 spiro atoms. The Kier molecular flexibility index (Phi) is 5.33. The number of Topliss-reactive ketones (excluding diaryl/α,β-unsaturated/α-hetero) is 1. The molecule has 1 aromatic heterocycles. The molecule has 0 amide bonds. The average molecular weight is 365 g/mol. The number of carbonyl (C=O) groups is 1. The first-order chi connectivity index (χ1) is 11.5. The van der Waals surface area contributed by atoms with Gasteiger partial charge in [0, 0.05) is 22.4 Å². The van der Waals surface area contributed by atoms with Gasteiger partial charge in [-0.1, -0.05) is 43.0 Å². The first-order valence-corrected chi connectivity index (χ1v) is 9.91. The van der Waals surface area contributed by atoms with E-state index in [-0.39, 0.29) is 11.5 Å². The van der Waals surface area contributed by atoms with E-state index in [1.807, 2.05) is 31.2 Å². The van der Waals surface area contributed by atoms with Crippen molar-refractivity contribution in [3.8, 4) is 0 Å². The van der Waals surface area contributed by atoms with Crippen LogP contribution >= 0.6 is 11.6 Å². The number of H-pyrrole nitrogens is 1. The Morgan fingerprint density at radius 2 is 1.96 bits per heavy atom. The van der Waals surface area contributed by atoms with Crippen LogP contribution in [0.4, 0.5) is 0 Å². The summed E-state index contributed by atoms with van der Waals surface area (Å²) in [7, 11) is 0. The van der Waals surface area contributed by atoms with Crippen LogP contribution in [0, 0.1) is 6.92 Å². The van der Waals surface area contributed by atoms with E-state index in [0.717, 1.165) is 43.4 Å². The molecule has 128 valence electrons. The van der Waals surface area contributed by atoms with Crippen LogP contribution in [0.5, 0.6) is 0 Å². The van der Waals surface area contributed by atoms with Gasteiger partial charge in [-0.05, 0) is 37.5 Å². The number of halogens is 1. The number of ketones is 1. The van der Waals surface area contributed by atoms with Gasteiger partial charge >= 0.3 is 5.16 Å². The number of aryl methyl sites for hydroxylation is 1. The Balaban J connectivity index is 1.85. The third kappa shape index (κ3) is 3.53. The Labute approximate surface area is 150 Å². The Morgan fingerprint density at radius 1 is 1.29 bits per heavy atom. The SMILES string of the molecule is Cc1c[nH]c([S+]([O-])CC(=O)C2(c3ccc(Cl)cc3)CCCCC2)n1. The molecule has 1 aliphatic rings. The fraction of sp³-hybridized carbons (Fsp3) is 0.444. The van der Waals surface area contributed by atoms with Crippen molar-refractivity contribution in [3.05, 3.63) is 46.7 Å². The van der Waals surface area contributed by atoms with Crippen LogP contribution in [0.25, 0.3) is 0 Å². The molecule has 4 nitrogen and oxygen atoms in total. The molecule has 1 heterocycles. The number of rotatable bonds is 5. The molecule has 0 bridgehead atoms. The summed E-state index contributed by atoms with van der Waals surface area (Å²) in [5, 5.41) is 1.04. The predicted molar refractivity (Wildman–Crippen MR) is 95.8 cm³/mol. The predicted octanol–water partition coefficient (Wildman–Crippen LogP) is 3.95. The number of imidazole rings is 1. The monoisotopic (exact) mass is 364 g/mol. The van der Waals surface area contributed by atoms with Gasteiger partial charge < -0.3 is 9.54 Å². The van der Waals surface area contributed by atoms with Crippen molar-refractivity contribution in [1.82, 2.24) is 9.97 Å². The summed E-state index contributed by atoms with van der Waals surface area (Å²) in [6.07, 6.45) is 6.49. The second-order valence-corrected chi connectivity index (χ2v) is 8.21. The molecule has 1 unspecified atom stereocenters. The lowest BCUT2D eigenvalue weighted by Crippen LogP contribution is -2.41. The van der Waals surface area contributed by atoms with Gasteiger partial charge in [-0.15, -0.1) is 0 Å². The number of hydrogen-bond donors (Lipinski definition) is 1. The van der Waals surface area contributed by atoms with Gasteiger partial charge in [-0.3, -0.25) is 4.79 Å². The van der Waals surface area contributed by atoms with Gasteiger partial charge in [-0.2, -0.15) is 4.98 Å². The number of benzene rings is 1. The minimum Gasteiger partial charge on any atom is -0.609 e. The van der Waals surface area contributed by atoms with E-state index in [4.69, 9.17) is 11.6 Å². The van der Waals surface area contributed by atoms with Gasteiger partial charge in [0.25, 0.3) is 0 Å². The molecule has 0 aliphatic heterocycles. The standard InChI is InChI=1S/C18H21ClN2O2S/c1-13-11-20-17(21-13)24(23)12-16(22)18(9-3-2-4-10-18)14-5-7-15(19)8-6-14/h5-8,11H,2-4,9-10,12H2,1H3,(H,20,21). The topological polar surface area (TPSA) is 68.8 Å². The molecule has 2 aromatic rings. The average Bonchev–Trinajstić information content (AvgIpc) is 3.02. The summed E-state index contributed by atoms with van der Waals surface area (Å²) in [6, 6.07) is 7.53. The lowest BCUT2D eigenvalue weighted by atomic mass is 9.67. The lowest BCUT2D eigenvalue weighted by molar-refractivity contribution is -0.123. The minimum atomic E-state index is -1.44. The van der Waals surface area contributed by atoms with Crippen LogP contribution in [0.15, 0.2) is 35.6 Å². The van der Waals surface area contributed by atoms with Crippen LogP contribution in [-0.4, -0.2) is 26.1 Å². The van der Waals surface area contributed by atoms with E-state index >= 15 is 0 Å². The van der Waals surface area contributed by atoms with Crippen molar-refractivity contribution in [2.45, 2.75) is 49.6 Å². The molecule has 1 aromatic carbocycles. The lowest BCUT2D eigenvalue weighted by Gasteiger charge is -2.36. The smallest absolute Gasteiger partial charge is 0.321 e. The molecule has 24 heavy (non-hydrogen) atoms. The zero-order chi connectivity index (χ0) is 17.2. The van der Waals surface area contributed by atoms with E-state index in [9.17, 15) is 9.35 Å². The Hall–Kier alpha value is -1.30. The number of carbonyl (C=O) groups excluding carboxylic acids is 1. The highest BCUT2D eigenvalue weighted by molar-refractivity contribution is 7.91. The summed E-state index contributed by atoms with van der Waals surface area (Å²) in [4.78, 5) is 20.2. The van der Waals surface area contributed by atoms with E-state index in [0.29, 0.717) is 10.2 Å². The maximum Gasteiger partial charge on any atom is 0.321 e. The Morgan fingerprint density at radius 3 is 2.54 bits per heavy atom. The van der Waals surface area contributed by atoms with Gasteiger partial charge in [0.2, 0.25) is 0 Å². The second kappa shape index (κ2) is 7.30. The molecule has 6 heteroatoms. The first kappa shape index (κ1) is 17.5. The summed E-state index contributed by atoms with van der Waals surface area (Å²) in [6.45, 7) is 1.83. The number of aromatic amines is 1. The third-order valence-electron chi connectivity index (χ3n) is 4.80. The number of aromatic nitrogens is 2. The summed E-state index contributed by atoms with van der Waals surface area (Å²) in [5.74, 6) is 0.0344. The van der Waals surface area contributed by atoms with Crippen molar-refractivity contribution < 1.29 is 9.35 Å². The van der Waals surface area contributed by atoms with E-state index in [1.54, 1.807) is 6.20 Å². The number of nitrogens with one attached hydrogen (secondary N) is 1. The zero-order valence-corrected chi connectivity index (χ0v) is 15.3. The van der Waals surface area contributed by atoms with Gasteiger partial charge in [0.15, 0.2) is 11.5 Å². The zero-order valence-electron chi connectivity index (χ0n) is 13.7. The highest BCUT2D eigenvalue weighted by Crippen LogP contribution is 2.41. The van der Waals surface area contributed by atoms with Crippen LogP contribution < -0.4 is 0 Å². The van der Waals surface area contributed by atoms with Crippen molar-refractivity contribution in [3.63, 3.8) is 0 Å². The molecule has 1 N–H and O–H groups in total. The molecule has 0 saturated heterocycles. The fourth-order valence-corrected chi connectivity index (χ4v) is 4.70. The molecule has 1 fully saturated rings. The van der Waals surface area contributed by atoms with Crippen molar-refractivity contribution in [1.29, 1.82) is 0 Å². The minimum absolute atomic E-state index is 0.00439. The summed E-state index contributed by atoms with van der Waals surface area (Å²) in [5.41, 5.74) is 1.22. The molecule has 1 atom stereocenters.